The molecule has 0 radical (unpaired) electrons. The monoisotopic (exact) mass is 515 g/mol. The maximum absolute atomic E-state index is 12.0. The highest BCUT2D eigenvalue weighted by atomic mass is 35.5. The maximum atomic E-state index is 12.0. The number of nitrogens with zero attached hydrogens (tertiary/aromatic N) is 3. The van der Waals surface area contributed by atoms with Crippen molar-refractivity contribution in [2.24, 2.45) is 0 Å². The molecular weight excluding hydrogens is 490 g/mol. The Morgan fingerprint density at radius 2 is 2.00 bits per heavy atom. The summed E-state index contributed by atoms with van der Waals surface area (Å²) in [6.45, 7) is 2.83. The molecule has 3 N–H and O–H groups in total. The normalized spacial score (nSPS) is 15.8. The third kappa shape index (κ3) is 5.61. The Balaban J connectivity index is 1.24. The van der Waals surface area contributed by atoms with Gasteiger partial charge in [-0.05, 0) is 34.4 Å². The lowest BCUT2D eigenvalue weighted by atomic mass is 9.94. The quantitative estimate of drug-likeness (QED) is 0.349. The van der Waals surface area contributed by atoms with Gasteiger partial charge in [-0.3, -0.25) is 0 Å². The maximum Gasteiger partial charge on any atom is 0.407 e. The number of carbonyl (C=O) groups is 1. The van der Waals surface area contributed by atoms with Gasteiger partial charge >= 0.3 is 6.09 Å². The third-order valence-corrected chi connectivity index (χ3v) is 7.15. The van der Waals surface area contributed by atoms with Crippen molar-refractivity contribution in [1.82, 2.24) is 20.3 Å². The molecule has 3 heterocycles. The number of hydrogen-bond acceptors (Lipinski definition) is 9. The van der Waals surface area contributed by atoms with E-state index in [2.05, 4.69) is 26.3 Å². The van der Waals surface area contributed by atoms with E-state index >= 15 is 0 Å². The zero-order valence-corrected chi connectivity index (χ0v) is 20.7. The number of nitrogen functional groups attached to an aromatic ring is 1. The third-order valence-electron chi connectivity index (χ3n) is 5.92. The van der Waals surface area contributed by atoms with Gasteiger partial charge in [0, 0.05) is 30.7 Å². The number of alkyl carbamates (subject to hydrolysis) is 1. The lowest BCUT2D eigenvalue weighted by molar-refractivity contribution is 0.00169. The smallest absolute Gasteiger partial charge is 0.407 e. The van der Waals surface area contributed by atoms with E-state index in [9.17, 15) is 4.79 Å². The van der Waals surface area contributed by atoms with Gasteiger partial charge in [-0.25, -0.2) is 9.78 Å². The molecule has 0 atom stereocenters. The Hall–Kier alpha value is -2.66. The van der Waals surface area contributed by atoms with Crippen LogP contribution in [-0.4, -0.2) is 52.7 Å². The molecule has 184 valence electrons. The Morgan fingerprint density at radius 1 is 1.17 bits per heavy atom. The molecule has 1 aromatic heterocycles. The molecule has 1 fully saturated rings. The van der Waals surface area contributed by atoms with Crippen molar-refractivity contribution in [3.8, 4) is 11.4 Å². The first kappa shape index (κ1) is 24.1. The van der Waals surface area contributed by atoms with Crippen LogP contribution in [0.2, 0.25) is 5.02 Å². The van der Waals surface area contributed by atoms with Gasteiger partial charge in [0.25, 0.3) is 0 Å². The van der Waals surface area contributed by atoms with Gasteiger partial charge in [0.2, 0.25) is 5.95 Å². The molecule has 0 bridgehead atoms. The fourth-order valence-electron chi connectivity index (χ4n) is 4.31. The Morgan fingerprint density at radius 3 is 2.86 bits per heavy atom. The van der Waals surface area contributed by atoms with Crippen molar-refractivity contribution in [3.05, 3.63) is 40.4 Å². The predicted molar refractivity (Wildman–Crippen MR) is 134 cm³/mol. The molecule has 0 unspecified atom stereocenters. The van der Waals surface area contributed by atoms with Gasteiger partial charge < -0.3 is 25.3 Å². The number of nitrogens with two attached hydrogens (primary N) is 1. The Labute approximate surface area is 212 Å². The molecule has 3 aromatic rings. The lowest BCUT2D eigenvalue weighted by Crippen LogP contribution is -2.32. The van der Waals surface area contributed by atoms with Crippen LogP contribution < -0.4 is 11.1 Å². The Bertz CT molecular complexity index is 1240. The minimum atomic E-state index is -0.392. The first-order valence-corrected chi connectivity index (χ1v) is 12.9. The molecule has 2 aromatic carbocycles. The number of anilines is 1. The van der Waals surface area contributed by atoms with Gasteiger partial charge in [-0.15, -0.1) is 0 Å². The molecule has 9 nitrogen and oxygen atoms in total. The number of amides is 1. The van der Waals surface area contributed by atoms with Crippen LogP contribution in [0.15, 0.2) is 29.4 Å². The van der Waals surface area contributed by atoms with Crippen LogP contribution in [0, 0.1) is 0 Å². The molecule has 35 heavy (non-hydrogen) atoms. The summed E-state index contributed by atoms with van der Waals surface area (Å²) < 4.78 is 16.4. The van der Waals surface area contributed by atoms with Crippen molar-refractivity contribution in [3.63, 3.8) is 0 Å². The highest BCUT2D eigenvalue weighted by Crippen LogP contribution is 2.39. The van der Waals surface area contributed by atoms with E-state index in [1.165, 1.54) is 11.8 Å². The van der Waals surface area contributed by atoms with Crippen LogP contribution >= 0.6 is 23.4 Å². The molecule has 11 heteroatoms. The highest BCUT2D eigenvalue weighted by Gasteiger charge is 2.21. The van der Waals surface area contributed by atoms with Gasteiger partial charge in [-0.2, -0.15) is 9.97 Å². The number of rotatable bonds is 7. The van der Waals surface area contributed by atoms with Crippen LogP contribution in [0.1, 0.15) is 30.4 Å². The molecule has 5 rings (SSSR count). The molecule has 0 saturated carbocycles. The van der Waals surface area contributed by atoms with Crippen molar-refractivity contribution in [2.75, 3.05) is 31.2 Å². The minimum Gasteiger partial charge on any atom is -0.446 e. The van der Waals surface area contributed by atoms with Crippen LogP contribution in [0.5, 0.6) is 0 Å². The number of benzene rings is 2. The van der Waals surface area contributed by atoms with Crippen molar-refractivity contribution in [1.29, 1.82) is 0 Å². The number of nitrogens with one attached hydrogen (secondary N) is 1. The molecular formula is C24H26ClN5O4S. The first-order valence-electron chi connectivity index (χ1n) is 11.6. The highest BCUT2D eigenvalue weighted by molar-refractivity contribution is 7.99. The molecule has 0 aliphatic carbocycles. The average molecular weight is 516 g/mol. The van der Waals surface area contributed by atoms with Crippen molar-refractivity contribution >= 4 is 46.2 Å². The van der Waals surface area contributed by atoms with E-state index in [-0.39, 0.29) is 12.1 Å². The van der Waals surface area contributed by atoms with Gasteiger partial charge in [0.05, 0.1) is 31.5 Å². The van der Waals surface area contributed by atoms with E-state index in [1.54, 1.807) is 0 Å². The van der Waals surface area contributed by atoms with Gasteiger partial charge in [0.1, 0.15) is 6.10 Å². The summed E-state index contributed by atoms with van der Waals surface area (Å²) in [6.07, 6.45) is 1.74. The molecule has 0 spiro atoms. The van der Waals surface area contributed by atoms with Gasteiger partial charge in [-0.1, -0.05) is 41.6 Å². The lowest BCUT2D eigenvalue weighted by Gasteiger charge is -2.22. The van der Waals surface area contributed by atoms with E-state index in [0.29, 0.717) is 54.7 Å². The molecule has 1 saturated heterocycles. The summed E-state index contributed by atoms with van der Waals surface area (Å²) in [4.78, 5) is 25.3. The Kier molecular flexibility index (Phi) is 7.52. The zero-order chi connectivity index (χ0) is 24.2. The van der Waals surface area contributed by atoms with Crippen LogP contribution in [0.4, 0.5) is 10.7 Å². The summed E-state index contributed by atoms with van der Waals surface area (Å²) in [5.74, 6) is 1.27. The fraction of sp³-hybridized carbons (Fsp3) is 0.417. The second-order valence-electron chi connectivity index (χ2n) is 8.37. The van der Waals surface area contributed by atoms with Gasteiger partial charge in [0.15, 0.2) is 11.0 Å². The molecule has 1 amide bonds. The summed E-state index contributed by atoms with van der Waals surface area (Å²) in [5.41, 5.74) is 8.93. The van der Waals surface area contributed by atoms with E-state index in [1.807, 2.05) is 18.2 Å². The number of hydrogen-bond donors (Lipinski definition) is 2. The van der Waals surface area contributed by atoms with E-state index in [0.717, 1.165) is 46.7 Å². The second-order valence-corrected chi connectivity index (χ2v) is 9.84. The van der Waals surface area contributed by atoms with Crippen LogP contribution in [-0.2, 0) is 27.4 Å². The number of thioether (sulfide) groups is 1. The summed E-state index contributed by atoms with van der Waals surface area (Å²) in [7, 11) is 0. The number of halogens is 1. The summed E-state index contributed by atoms with van der Waals surface area (Å²) in [6, 6.07) is 7.97. The largest absolute Gasteiger partial charge is 0.446 e. The average Bonchev–Trinajstić information content (AvgIpc) is 2.84. The standard InChI is InChI=1S/C24H26ClN5O4S/c25-18-11-15-13-33-12-14-3-1-4-17(19(14)15)20(18)21-28-22(26)30-23(29-21)35-10-2-7-27-24(31)34-16-5-8-32-9-6-16/h1,3-4,11,16H,2,5-10,12-13H2,(H,27,31)(H2,26,28,29,30). The summed E-state index contributed by atoms with van der Waals surface area (Å²) in [5, 5.41) is 5.95. The molecule has 2 aliphatic rings. The second kappa shape index (κ2) is 10.9. The predicted octanol–water partition coefficient (Wildman–Crippen LogP) is 4.35. The van der Waals surface area contributed by atoms with E-state index < -0.39 is 6.09 Å². The fourth-order valence-corrected chi connectivity index (χ4v) is 5.41. The first-order chi connectivity index (χ1) is 17.1. The van der Waals surface area contributed by atoms with E-state index in [4.69, 9.17) is 31.5 Å². The van der Waals surface area contributed by atoms with Crippen molar-refractivity contribution < 1.29 is 19.0 Å². The van der Waals surface area contributed by atoms with Crippen LogP contribution in [0.25, 0.3) is 22.2 Å². The topological polar surface area (TPSA) is 121 Å². The zero-order valence-electron chi connectivity index (χ0n) is 19.1. The SMILES string of the molecule is Nc1nc(SCCCNC(=O)OC2CCOCC2)nc(-c2c(Cl)cc3c4c(cccc24)COC3)n1. The molecule has 2 aliphatic heterocycles. The number of carbonyl (C=O) groups excluding carboxylic acids is 1. The van der Waals surface area contributed by atoms with Crippen molar-refractivity contribution in [2.45, 2.75) is 43.7 Å². The van der Waals surface area contributed by atoms with Crippen LogP contribution in [0.3, 0.4) is 0 Å². The summed E-state index contributed by atoms with van der Waals surface area (Å²) >= 11 is 8.14. The number of aromatic nitrogens is 3. The number of ether oxygens (including phenoxy) is 3. The minimum absolute atomic E-state index is 0.0701.